The number of hydrogen-bond acceptors (Lipinski definition) is 1. The van der Waals surface area contributed by atoms with Crippen LogP contribution in [-0.2, 0) is 0 Å². The first-order valence-electron chi connectivity index (χ1n) is 6.68. The zero-order chi connectivity index (χ0) is 15.3. The summed E-state index contributed by atoms with van der Waals surface area (Å²) in [6.07, 6.45) is 0. The maximum Gasteiger partial charge on any atom is 0.135 e. The normalized spacial score (nSPS) is 10.4. The molecule has 0 spiro atoms. The SMILES string of the molecule is C=C(C#Cc1ccccc1)C(C)(C)Oc1ccc(Cl)cc1. The van der Waals surface area contributed by atoms with Crippen molar-refractivity contribution in [3.63, 3.8) is 0 Å². The number of rotatable bonds is 3. The third kappa shape index (κ3) is 4.41. The van der Waals surface area contributed by atoms with Crippen molar-refractivity contribution in [2.75, 3.05) is 0 Å². The van der Waals surface area contributed by atoms with E-state index >= 15 is 0 Å². The van der Waals surface area contributed by atoms with Crippen LogP contribution < -0.4 is 4.74 Å². The molecule has 21 heavy (non-hydrogen) atoms. The van der Waals surface area contributed by atoms with Gasteiger partial charge >= 0.3 is 0 Å². The lowest BCUT2D eigenvalue weighted by atomic mass is 9.99. The summed E-state index contributed by atoms with van der Waals surface area (Å²) in [6, 6.07) is 17.1. The second-order valence-corrected chi connectivity index (χ2v) is 5.60. The first kappa shape index (κ1) is 15.2. The summed E-state index contributed by atoms with van der Waals surface area (Å²) in [6.45, 7) is 7.93. The lowest BCUT2D eigenvalue weighted by Gasteiger charge is -2.26. The van der Waals surface area contributed by atoms with Crippen molar-refractivity contribution < 1.29 is 4.74 Å². The van der Waals surface area contributed by atoms with Crippen LogP contribution in [0.2, 0.25) is 5.02 Å². The molecule has 2 rings (SSSR count). The minimum atomic E-state index is -0.574. The van der Waals surface area contributed by atoms with Crippen molar-refractivity contribution in [2.45, 2.75) is 19.4 Å². The van der Waals surface area contributed by atoms with Gasteiger partial charge in [0.15, 0.2) is 0 Å². The smallest absolute Gasteiger partial charge is 0.135 e. The van der Waals surface area contributed by atoms with Gasteiger partial charge in [0, 0.05) is 16.2 Å². The molecule has 2 aromatic carbocycles. The molecule has 0 fully saturated rings. The first-order valence-corrected chi connectivity index (χ1v) is 7.06. The van der Waals surface area contributed by atoms with Crippen molar-refractivity contribution in [2.24, 2.45) is 0 Å². The van der Waals surface area contributed by atoms with Gasteiger partial charge in [-0.3, -0.25) is 0 Å². The van der Waals surface area contributed by atoms with E-state index in [1.165, 1.54) is 0 Å². The van der Waals surface area contributed by atoms with Gasteiger partial charge in [-0.2, -0.15) is 0 Å². The lowest BCUT2D eigenvalue weighted by Crippen LogP contribution is -2.29. The highest BCUT2D eigenvalue weighted by molar-refractivity contribution is 6.30. The fourth-order valence-corrected chi connectivity index (χ4v) is 1.80. The number of benzene rings is 2. The van der Waals surface area contributed by atoms with E-state index in [1.54, 1.807) is 12.1 Å². The topological polar surface area (TPSA) is 9.23 Å². The Hall–Kier alpha value is -2.17. The summed E-state index contributed by atoms with van der Waals surface area (Å²) in [5, 5.41) is 0.683. The predicted octanol–water partition coefficient (Wildman–Crippen LogP) is 5.11. The molecule has 0 amide bonds. The summed E-state index contributed by atoms with van der Waals surface area (Å²) in [5.41, 5.74) is 1.11. The minimum Gasteiger partial charge on any atom is -0.483 e. The Morgan fingerprint density at radius 1 is 1.05 bits per heavy atom. The van der Waals surface area contributed by atoms with E-state index in [0.717, 1.165) is 16.9 Å². The molecule has 106 valence electrons. The van der Waals surface area contributed by atoms with E-state index in [2.05, 4.69) is 18.4 Å². The minimum absolute atomic E-state index is 0.574. The molecule has 0 aliphatic rings. The zero-order valence-corrected chi connectivity index (χ0v) is 12.9. The third-order valence-corrected chi connectivity index (χ3v) is 3.30. The molecule has 1 nitrogen and oxygen atoms in total. The average molecular weight is 297 g/mol. The van der Waals surface area contributed by atoms with Gasteiger partial charge in [-0.25, -0.2) is 0 Å². The molecule has 0 N–H and O–H groups in total. The second-order valence-electron chi connectivity index (χ2n) is 5.16. The molecule has 0 atom stereocenters. The summed E-state index contributed by atoms with van der Waals surface area (Å²) < 4.78 is 5.95. The van der Waals surface area contributed by atoms with Crippen molar-refractivity contribution in [1.29, 1.82) is 0 Å². The Labute approximate surface area is 131 Å². The van der Waals surface area contributed by atoms with E-state index in [0.29, 0.717) is 5.02 Å². The average Bonchev–Trinajstić information content (AvgIpc) is 2.48. The van der Waals surface area contributed by atoms with Gasteiger partial charge in [0.1, 0.15) is 11.4 Å². The molecule has 0 saturated carbocycles. The largest absolute Gasteiger partial charge is 0.483 e. The molecule has 0 saturated heterocycles. The molecule has 0 radical (unpaired) electrons. The van der Waals surface area contributed by atoms with Crippen LogP contribution in [0.3, 0.4) is 0 Å². The van der Waals surface area contributed by atoms with E-state index in [-0.39, 0.29) is 0 Å². The fraction of sp³-hybridized carbons (Fsp3) is 0.158. The molecular formula is C19H17ClO. The van der Waals surface area contributed by atoms with Gasteiger partial charge in [0.05, 0.1) is 0 Å². The standard InChI is InChI=1S/C19H17ClO/c1-15(9-10-16-7-5-4-6-8-16)19(2,3)21-18-13-11-17(20)12-14-18/h4-8,11-14H,1H2,2-3H3. The molecular weight excluding hydrogens is 280 g/mol. The van der Waals surface area contributed by atoms with Crippen molar-refractivity contribution in [3.05, 3.63) is 77.3 Å². The van der Waals surface area contributed by atoms with Crippen molar-refractivity contribution >= 4 is 11.6 Å². The molecule has 0 bridgehead atoms. The highest BCUT2D eigenvalue weighted by Crippen LogP contribution is 2.24. The quantitative estimate of drug-likeness (QED) is 0.716. The van der Waals surface area contributed by atoms with Crippen LogP contribution in [0.5, 0.6) is 5.75 Å². The third-order valence-electron chi connectivity index (χ3n) is 3.04. The predicted molar refractivity (Wildman–Crippen MR) is 88.6 cm³/mol. The Balaban J connectivity index is 2.10. The molecule has 0 unspecified atom stereocenters. The Morgan fingerprint density at radius 2 is 1.67 bits per heavy atom. The van der Waals surface area contributed by atoms with Gasteiger partial charge in [-0.1, -0.05) is 48.2 Å². The van der Waals surface area contributed by atoms with Crippen LogP contribution in [0.4, 0.5) is 0 Å². The Morgan fingerprint density at radius 3 is 2.29 bits per heavy atom. The van der Waals surface area contributed by atoms with Crippen LogP contribution in [0.25, 0.3) is 0 Å². The van der Waals surface area contributed by atoms with Crippen LogP contribution >= 0.6 is 11.6 Å². The van der Waals surface area contributed by atoms with Gasteiger partial charge in [-0.15, -0.1) is 0 Å². The van der Waals surface area contributed by atoms with E-state index in [9.17, 15) is 0 Å². The molecule has 2 aromatic rings. The zero-order valence-electron chi connectivity index (χ0n) is 12.2. The number of hydrogen-bond donors (Lipinski definition) is 0. The molecule has 0 aliphatic heterocycles. The molecule has 2 heteroatoms. The van der Waals surface area contributed by atoms with Gasteiger partial charge in [-0.05, 0) is 50.2 Å². The molecule has 0 aliphatic carbocycles. The van der Waals surface area contributed by atoms with Crippen molar-refractivity contribution in [3.8, 4) is 17.6 Å². The van der Waals surface area contributed by atoms with E-state index in [1.807, 2.05) is 56.3 Å². The van der Waals surface area contributed by atoms with E-state index < -0.39 is 5.60 Å². The first-order chi connectivity index (χ1) is 9.97. The number of ether oxygens (including phenoxy) is 1. The van der Waals surface area contributed by atoms with E-state index in [4.69, 9.17) is 16.3 Å². The van der Waals surface area contributed by atoms with Crippen LogP contribution in [0.15, 0.2) is 66.7 Å². The summed E-state index contributed by atoms with van der Waals surface area (Å²) in [4.78, 5) is 0. The van der Waals surface area contributed by atoms with Gasteiger partial charge < -0.3 is 4.74 Å². The van der Waals surface area contributed by atoms with Crippen molar-refractivity contribution in [1.82, 2.24) is 0 Å². The molecule has 0 heterocycles. The Bertz CT molecular complexity index is 673. The van der Waals surface area contributed by atoms with Crippen LogP contribution in [-0.4, -0.2) is 5.60 Å². The van der Waals surface area contributed by atoms with Crippen LogP contribution in [0.1, 0.15) is 19.4 Å². The maximum atomic E-state index is 5.95. The van der Waals surface area contributed by atoms with Gasteiger partial charge in [0.2, 0.25) is 0 Å². The lowest BCUT2D eigenvalue weighted by molar-refractivity contribution is 0.154. The fourth-order valence-electron chi connectivity index (χ4n) is 1.68. The highest BCUT2D eigenvalue weighted by atomic mass is 35.5. The summed E-state index contributed by atoms with van der Waals surface area (Å²) in [7, 11) is 0. The summed E-state index contributed by atoms with van der Waals surface area (Å²) >= 11 is 5.87. The highest BCUT2D eigenvalue weighted by Gasteiger charge is 2.22. The second kappa shape index (κ2) is 6.52. The molecule has 0 aromatic heterocycles. The summed E-state index contributed by atoms with van der Waals surface area (Å²) in [5.74, 6) is 6.91. The maximum absolute atomic E-state index is 5.95. The monoisotopic (exact) mass is 296 g/mol. The van der Waals surface area contributed by atoms with Gasteiger partial charge in [0.25, 0.3) is 0 Å². The Kier molecular flexibility index (Phi) is 4.73. The number of halogens is 1. The van der Waals surface area contributed by atoms with Crippen LogP contribution in [0, 0.1) is 11.8 Å².